The van der Waals surface area contributed by atoms with Gasteiger partial charge in [-0.25, -0.2) is 0 Å². The minimum Gasteiger partial charge on any atom is -0.481 e. The summed E-state index contributed by atoms with van der Waals surface area (Å²) in [5.41, 5.74) is 0. The molecular formula is C24H38O2. The number of carboxylic acid groups (broad SMARTS) is 1. The van der Waals surface area contributed by atoms with Crippen LogP contribution < -0.4 is 0 Å². The van der Waals surface area contributed by atoms with Gasteiger partial charge in [-0.05, 0) is 57.8 Å². The molecule has 0 aromatic rings. The van der Waals surface area contributed by atoms with Crippen LogP contribution in [0.1, 0.15) is 84.0 Å². The van der Waals surface area contributed by atoms with Crippen LogP contribution in [-0.2, 0) is 4.79 Å². The number of unbranched alkanes of at least 4 members (excludes halogenated alkanes) is 5. The van der Waals surface area contributed by atoms with Crippen molar-refractivity contribution in [3.63, 3.8) is 0 Å². The summed E-state index contributed by atoms with van der Waals surface area (Å²) in [7, 11) is 0. The van der Waals surface area contributed by atoms with E-state index >= 15 is 0 Å². The van der Waals surface area contributed by atoms with Gasteiger partial charge in [-0.3, -0.25) is 4.79 Å². The first-order valence-corrected chi connectivity index (χ1v) is 10.2. The number of carboxylic acids is 1. The first kappa shape index (κ1) is 24.2. The molecule has 0 spiro atoms. The minimum absolute atomic E-state index is 0.283. The quantitative estimate of drug-likeness (QED) is 0.215. The second-order valence-corrected chi connectivity index (χ2v) is 6.44. The van der Waals surface area contributed by atoms with E-state index < -0.39 is 5.97 Å². The van der Waals surface area contributed by atoms with Crippen LogP contribution in [0.25, 0.3) is 0 Å². The smallest absolute Gasteiger partial charge is 0.303 e. The molecule has 1 N–H and O–H groups in total. The van der Waals surface area contributed by atoms with Gasteiger partial charge < -0.3 is 5.11 Å². The molecule has 0 heterocycles. The van der Waals surface area contributed by atoms with Crippen molar-refractivity contribution in [1.29, 1.82) is 0 Å². The second kappa shape index (κ2) is 21.2. The van der Waals surface area contributed by atoms with Crippen LogP contribution in [0.3, 0.4) is 0 Å². The molecule has 0 aliphatic carbocycles. The monoisotopic (exact) mass is 358 g/mol. The van der Waals surface area contributed by atoms with E-state index in [-0.39, 0.29) is 6.42 Å². The SMILES string of the molecule is CCCCCC=CCC=CCC=CCC=CCC=CCCCCC(=O)O. The van der Waals surface area contributed by atoms with E-state index in [1.54, 1.807) is 0 Å². The third-order valence-electron chi connectivity index (χ3n) is 3.91. The zero-order valence-corrected chi connectivity index (χ0v) is 16.6. The summed E-state index contributed by atoms with van der Waals surface area (Å²) in [6.07, 6.45) is 34.2. The van der Waals surface area contributed by atoms with Crippen molar-refractivity contribution in [3.8, 4) is 0 Å². The largest absolute Gasteiger partial charge is 0.481 e. The summed E-state index contributed by atoms with van der Waals surface area (Å²) >= 11 is 0. The van der Waals surface area contributed by atoms with Crippen LogP contribution in [0.15, 0.2) is 60.8 Å². The molecule has 0 aromatic heterocycles. The first-order valence-electron chi connectivity index (χ1n) is 10.2. The standard InChI is InChI=1S/C24H38O2/c1-2-3-4-5-6-7-8-9-10-11-12-13-14-15-16-17-18-19-20-21-22-23-24(25)26/h6-7,9-10,12-13,15-16,18-19H,2-5,8,11,14,17,20-23H2,1H3,(H,25,26). The lowest BCUT2D eigenvalue weighted by Gasteiger charge is -1.92. The molecule has 0 rings (SSSR count). The van der Waals surface area contributed by atoms with E-state index in [1.807, 2.05) is 0 Å². The fourth-order valence-corrected chi connectivity index (χ4v) is 2.37. The van der Waals surface area contributed by atoms with Crippen LogP contribution >= 0.6 is 0 Å². The number of hydrogen-bond donors (Lipinski definition) is 1. The minimum atomic E-state index is -0.699. The van der Waals surface area contributed by atoms with Gasteiger partial charge in [0.05, 0.1) is 0 Å². The van der Waals surface area contributed by atoms with Crippen LogP contribution in [0.2, 0.25) is 0 Å². The summed E-state index contributed by atoms with van der Waals surface area (Å²) in [6, 6.07) is 0. The van der Waals surface area contributed by atoms with Crippen molar-refractivity contribution in [2.45, 2.75) is 84.0 Å². The molecule has 2 nitrogen and oxygen atoms in total. The Kier molecular flexibility index (Phi) is 19.7. The Hall–Kier alpha value is -1.83. The number of aliphatic carboxylic acids is 1. The summed E-state index contributed by atoms with van der Waals surface area (Å²) in [5.74, 6) is -0.699. The molecule has 0 aliphatic rings. The van der Waals surface area contributed by atoms with Crippen LogP contribution in [0.4, 0.5) is 0 Å². The van der Waals surface area contributed by atoms with Gasteiger partial charge in [-0.15, -0.1) is 0 Å². The van der Waals surface area contributed by atoms with E-state index in [1.165, 1.54) is 25.7 Å². The van der Waals surface area contributed by atoms with Crippen molar-refractivity contribution < 1.29 is 9.90 Å². The van der Waals surface area contributed by atoms with E-state index in [2.05, 4.69) is 67.7 Å². The zero-order valence-electron chi connectivity index (χ0n) is 16.6. The number of rotatable bonds is 17. The van der Waals surface area contributed by atoms with Crippen LogP contribution in [-0.4, -0.2) is 11.1 Å². The van der Waals surface area contributed by atoms with E-state index in [0.29, 0.717) is 0 Å². The molecule has 146 valence electrons. The maximum absolute atomic E-state index is 10.4. The van der Waals surface area contributed by atoms with Crippen molar-refractivity contribution in [2.75, 3.05) is 0 Å². The molecule has 0 fully saturated rings. The molecule has 26 heavy (non-hydrogen) atoms. The number of carbonyl (C=O) groups is 1. The number of hydrogen-bond acceptors (Lipinski definition) is 1. The van der Waals surface area contributed by atoms with Crippen molar-refractivity contribution in [2.24, 2.45) is 0 Å². The van der Waals surface area contributed by atoms with Gasteiger partial charge in [-0.1, -0.05) is 80.5 Å². The molecule has 0 atom stereocenters. The van der Waals surface area contributed by atoms with E-state index in [0.717, 1.165) is 44.9 Å². The van der Waals surface area contributed by atoms with Crippen LogP contribution in [0.5, 0.6) is 0 Å². The Morgan fingerprint density at radius 2 is 1.00 bits per heavy atom. The topological polar surface area (TPSA) is 37.3 Å². The molecule has 0 amide bonds. The fraction of sp³-hybridized carbons (Fsp3) is 0.542. The Balaban J connectivity index is 3.44. The molecule has 2 heteroatoms. The summed E-state index contributed by atoms with van der Waals surface area (Å²) < 4.78 is 0. The van der Waals surface area contributed by atoms with Gasteiger partial charge in [0, 0.05) is 6.42 Å². The maximum Gasteiger partial charge on any atom is 0.303 e. The van der Waals surface area contributed by atoms with Gasteiger partial charge in [0.1, 0.15) is 0 Å². The Labute approximate surface area is 161 Å². The van der Waals surface area contributed by atoms with Gasteiger partial charge in [-0.2, -0.15) is 0 Å². The van der Waals surface area contributed by atoms with Gasteiger partial charge in [0.2, 0.25) is 0 Å². The molecule has 0 radical (unpaired) electrons. The summed E-state index contributed by atoms with van der Waals surface area (Å²) in [4.78, 5) is 10.4. The Morgan fingerprint density at radius 3 is 1.38 bits per heavy atom. The highest BCUT2D eigenvalue weighted by Gasteiger charge is 1.93. The van der Waals surface area contributed by atoms with Crippen molar-refractivity contribution >= 4 is 5.97 Å². The summed E-state index contributed by atoms with van der Waals surface area (Å²) in [6.45, 7) is 2.24. The van der Waals surface area contributed by atoms with Gasteiger partial charge >= 0.3 is 5.97 Å². The predicted octanol–water partition coefficient (Wildman–Crippen LogP) is 7.55. The molecule has 0 aromatic carbocycles. The van der Waals surface area contributed by atoms with Crippen LogP contribution in [0, 0.1) is 0 Å². The molecule has 0 unspecified atom stereocenters. The molecule has 0 bridgehead atoms. The van der Waals surface area contributed by atoms with Gasteiger partial charge in [0.15, 0.2) is 0 Å². The lowest BCUT2D eigenvalue weighted by molar-refractivity contribution is -0.137. The zero-order chi connectivity index (χ0) is 19.1. The lowest BCUT2D eigenvalue weighted by Crippen LogP contribution is -1.92. The first-order chi connectivity index (χ1) is 12.8. The predicted molar refractivity (Wildman–Crippen MR) is 114 cm³/mol. The van der Waals surface area contributed by atoms with E-state index in [9.17, 15) is 4.79 Å². The summed E-state index contributed by atoms with van der Waals surface area (Å²) in [5, 5.41) is 8.53. The van der Waals surface area contributed by atoms with E-state index in [4.69, 9.17) is 5.11 Å². The Morgan fingerprint density at radius 1 is 0.615 bits per heavy atom. The third-order valence-corrected chi connectivity index (χ3v) is 3.91. The molecule has 0 saturated carbocycles. The average molecular weight is 359 g/mol. The van der Waals surface area contributed by atoms with Crippen molar-refractivity contribution in [1.82, 2.24) is 0 Å². The fourth-order valence-electron chi connectivity index (χ4n) is 2.37. The lowest BCUT2D eigenvalue weighted by atomic mass is 10.2. The molecular weight excluding hydrogens is 320 g/mol. The Bertz CT molecular complexity index is 453. The van der Waals surface area contributed by atoms with Gasteiger partial charge in [0.25, 0.3) is 0 Å². The normalized spacial score (nSPS) is 12.7. The highest BCUT2D eigenvalue weighted by molar-refractivity contribution is 5.66. The highest BCUT2D eigenvalue weighted by Crippen LogP contribution is 2.02. The molecule has 0 saturated heterocycles. The highest BCUT2D eigenvalue weighted by atomic mass is 16.4. The third kappa shape index (κ3) is 22.2. The number of allylic oxidation sites excluding steroid dienone is 10. The average Bonchev–Trinajstić information content (AvgIpc) is 2.62. The molecule has 0 aliphatic heterocycles. The van der Waals surface area contributed by atoms with Crippen molar-refractivity contribution in [3.05, 3.63) is 60.8 Å². The maximum atomic E-state index is 10.4. The second-order valence-electron chi connectivity index (χ2n) is 6.44.